The zero-order valence-corrected chi connectivity index (χ0v) is 10.4. The highest BCUT2D eigenvalue weighted by atomic mass is 16.6. The molecular weight excluding hydrogens is 202 g/mol. The van der Waals surface area contributed by atoms with Gasteiger partial charge in [-0.2, -0.15) is 0 Å². The van der Waals surface area contributed by atoms with Gasteiger partial charge in [-0.3, -0.25) is 10.1 Å². The first-order valence-corrected chi connectivity index (χ1v) is 5.99. The minimum atomic E-state index is -0.479. The third-order valence-electron chi connectivity index (χ3n) is 3.28. The van der Waals surface area contributed by atoms with Crippen LogP contribution in [-0.4, -0.2) is 23.2 Å². The lowest BCUT2D eigenvalue weighted by molar-refractivity contribution is -0.163. The van der Waals surface area contributed by atoms with E-state index in [9.17, 15) is 4.79 Å². The van der Waals surface area contributed by atoms with Gasteiger partial charge in [0.25, 0.3) is 0 Å². The SMILES string of the molecule is C=C1CC2CCC(C(=O)OC(C)(C)C)(C1)N2. The lowest BCUT2D eigenvalue weighted by atomic mass is 9.88. The number of esters is 1. The molecule has 1 N–H and O–H groups in total. The predicted octanol–water partition coefficient (Wildman–Crippen LogP) is 2.17. The quantitative estimate of drug-likeness (QED) is 0.547. The zero-order valence-electron chi connectivity index (χ0n) is 10.4. The summed E-state index contributed by atoms with van der Waals surface area (Å²) in [6.45, 7) is 9.76. The van der Waals surface area contributed by atoms with Crippen molar-refractivity contribution >= 4 is 5.97 Å². The molecule has 3 nitrogen and oxygen atoms in total. The summed E-state index contributed by atoms with van der Waals surface area (Å²) >= 11 is 0. The molecule has 0 spiro atoms. The van der Waals surface area contributed by atoms with Gasteiger partial charge in [-0.25, -0.2) is 0 Å². The summed E-state index contributed by atoms with van der Waals surface area (Å²) in [4.78, 5) is 12.2. The summed E-state index contributed by atoms with van der Waals surface area (Å²) in [7, 11) is 0. The smallest absolute Gasteiger partial charge is 0.327 e. The molecule has 0 aromatic rings. The number of piperidine rings is 1. The molecular formula is C13H21NO2. The van der Waals surface area contributed by atoms with Gasteiger partial charge >= 0.3 is 5.97 Å². The molecule has 0 aliphatic carbocycles. The van der Waals surface area contributed by atoms with Gasteiger partial charge in [0.2, 0.25) is 0 Å². The van der Waals surface area contributed by atoms with Gasteiger partial charge in [-0.05, 0) is 46.5 Å². The van der Waals surface area contributed by atoms with Crippen LogP contribution in [0.15, 0.2) is 12.2 Å². The Bertz CT molecular complexity index is 329. The van der Waals surface area contributed by atoms with E-state index in [1.807, 2.05) is 20.8 Å². The Morgan fingerprint density at radius 3 is 2.88 bits per heavy atom. The third-order valence-corrected chi connectivity index (χ3v) is 3.28. The van der Waals surface area contributed by atoms with E-state index in [1.165, 1.54) is 5.57 Å². The maximum atomic E-state index is 12.2. The van der Waals surface area contributed by atoms with Crippen LogP contribution in [0.25, 0.3) is 0 Å². The van der Waals surface area contributed by atoms with Crippen molar-refractivity contribution < 1.29 is 9.53 Å². The van der Waals surface area contributed by atoms with Crippen LogP contribution in [0.4, 0.5) is 0 Å². The first-order valence-electron chi connectivity index (χ1n) is 5.99. The number of rotatable bonds is 1. The maximum Gasteiger partial charge on any atom is 0.327 e. The highest BCUT2D eigenvalue weighted by Crippen LogP contribution is 2.39. The summed E-state index contributed by atoms with van der Waals surface area (Å²) < 4.78 is 5.50. The molecule has 2 aliphatic rings. The fourth-order valence-electron chi connectivity index (χ4n) is 2.70. The third kappa shape index (κ3) is 2.14. The van der Waals surface area contributed by atoms with E-state index in [2.05, 4.69) is 11.9 Å². The van der Waals surface area contributed by atoms with E-state index >= 15 is 0 Å². The molecule has 2 rings (SSSR count). The van der Waals surface area contributed by atoms with Crippen LogP contribution in [0.5, 0.6) is 0 Å². The van der Waals surface area contributed by atoms with E-state index in [-0.39, 0.29) is 5.97 Å². The van der Waals surface area contributed by atoms with E-state index in [0.29, 0.717) is 6.04 Å². The Kier molecular flexibility index (Phi) is 2.61. The fraction of sp³-hybridized carbons (Fsp3) is 0.769. The molecule has 0 saturated carbocycles. The standard InChI is InChI=1S/C13H21NO2/c1-9-7-10-5-6-13(8-9,14-10)11(15)16-12(2,3)4/h10,14H,1,5-8H2,2-4H3. The Labute approximate surface area is 97.2 Å². The Hall–Kier alpha value is -0.830. The molecule has 2 unspecified atom stereocenters. The van der Waals surface area contributed by atoms with E-state index in [1.54, 1.807) is 0 Å². The Morgan fingerprint density at radius 2 is 2.25 bits per heavy atom. The molecule has 2 atom stereocenters. The number of carbonyl (C=O) groups is 1. The average molecular weight is 223 g/mol. The number of ether oxygens (including phenoxy) is 1. The van der Waals surface area contributed by atoms with Crippen molar-refractivity contribution in [1.29, 1.82) is 0 Å². The van der Waals surface area contributed by atoms with Crippen LogP contribution in [-0.2, 0) is 9.53 Å². The molecule has 0 amide bonds. The topological polar surface area (TPSA) is 38.3 Å². The van der Waals surface area contributed by atoms with Gasteiger partial charge in [-0.1, -0.05) is 12.2 Å². The largest absolute Gasteiger partial charge is 0.459 e. The van der Waals surface area contributed by atoms with Gasteiger partial charge in [0.15, 0.2) is 0 Å². The minimum Gasteiger partial charge on any atom is -0.459 e. The van der Waals surface area contributed by atoms with Crippen molar-refractivity contribution in [2.75, 3.05) is 0 Å². The second-order valence-electron chi connectivity index (χ2n) is 6.09. The Balaban J connectivity index is 2.13. The summed E-state index contributed by atoms with van der Waals surface area (Å²) in [5, 5.41) is 3.42. The molecule has 2 fully saturated rings. The predicted molar refractivity (Wildman–Crippen MR) is 63.1 cm³/mol. The van der Waals surface area contributed by atoms with Gasteiger partial charge < -0.3 is 4.74 Å². The van der Waals surface area contributed by atoms with Crippen LogP contribution >= 0.6 is 0 Å². The molecule has 2 heterocycles. The minimum absolute atomic E-state index is 0.108. The molecule has 16 heavy (non-hydrogen) atoms. The van der Waals surface area contributed by atoms with Crippen LogP contribution in [0.3, 0.4) is 0 Å². The summed E-state index contributed by atoms with van der Waals surface area (Å²) in [5.74, 6) is -0.108. The molecule has 0 aromatic carbocycles. The number of carbonyl (C=O) groups excluding carboxylic acids is 1. The number of hydrogen-bond acceptors (Lipinski definition) is 3. The molecule has 0 radical (unpaired) electrons. The average Bonchev–Trinajstić information content (AvgIpc) is 2.40. The van der Waals surface area contributed by atoms with Gasteiger partial charge in [0, 0.05) is 6.04 Å². The summed E-state index contributed by atoms with van der Waals surface area (Å²) in [6.07, 6.45) is 3.67. The lowest BCUT2D eigenvalue weighted by Gasteiger charge is -2.35. The van der Waals surface area contributed by atoms with Crippen LogP contribution in [0.1, 0.15) is 46.5 Å². The molecule has 3 heteroatoms. The van der Waals surface area contributed by atoms with Crippen molar-refractivity contribution in [1.82, 2.24) is 5.32 Å². The van der Waals surface area contributed by atoms with Gasteiger partial charge in [0.05, 0.1) is 0 Å². The van der Waals surface area contributed by atoms with E-state index in [4.69, 9.17) is 4.74 Å². The van der Waals surface area contributed by atoms with E-state index in [0.717, 1.165) is 25.7 Å². The summed E-state index contributed by atoms with van der Waals surface area (Å²) in [6, 6.07) is 0.425. The van der Waals surface area contributed by atoms with Gasteiger partial charge in [-0.15, -0.1) is 0 Å². The van der Waals surface area contributed by atoms with Crippen LogP contribution < -0.4 is 5.32 Å². The van der Waals surface area contributed by atoms with Gasteiger partial charge in [0.1, 0.15) is 11.1 Å². The highest BCUT2D eigenvalue weighted by molar-refractivity contribution is 5.82. The molecule has 2 aliphatic heterocycles. The van der Waals surface area contributed by atoms with Crippen LogP contribution in [0.2, 0.25) is 0 Å². The fourth-order valence-corrected chi connectivity index (χ4v) is 2.70. The van der Waals surface area contributed by atoms with Crippen molar-refractivity contribution in [3.8, 4) is 0 Å². The maximum absolute atomic E-state index is 12.2. The summed E-state index contributed by atoms with van der Waals surface area (Å²) in [5.41, 5.74) is 0.282. The monoisotopic (exact) mass is 223 g/mol. The number of nitrogens with one attached hydrogen (secondary N) is 1. The van der Waals surface area contributed by atoms with Crippen molar-refractivity contribution in [3.63, 3.8) is 0 Å². The van der Waals surface area contributed by atoms with Crippen molar-refractivity contribution in [2.24, 2.45) is 0 Å². The molecule has 2 bridgehead atoms. The second-order valence-corrected chi connectivity index (χ2v) is 6.09. The van der Waals surface area contributed by atoms with E-state index < -0.39 is 11.1 Å². The molecule has 90 valence electrons. The zero-order chi connectivity index (χ0) is 12.0. The highest BCUT2D eigenvalue weighted by Gasteiger charge is 2.50. The molecule has 0 aromatic heterocycles. The van der Waals surface area contributed by atoms with Crippen molar-refractivity contribution in [2.45, 2.75) is 63.6 Å². The first-order chi connectivity index (χ1) is 7.31. The number of hydrogen-bond donors (Lipinski definition) is 1. The van der Waals surface area contributed by atoms with Crippen LogP contribution in [0, 0.1) is 0 Å². The number of fused-ring (bicyclic) bond motifs is 2. The normalized spacial score (nSPS) is 33.9. The molecule has 2 saturated heterocycles. The van der Waals surface area contributed by atoms with Crippen molar-refractivity contribution in [3.05, 3.63) is 12.2 Å². The lowest BCUT2D eigenvalue weighted by Crippen LogP contribution is -2.55. The first kappa shape index (κ1) is 11.6. The second kappa shape index (κ2) is 3.59. The Morgan fingerprint density at radius 1 is 1.56 bits per heavy atom.